The first-order valence-corrected chi connectivity index (χ1v) is 8.68. The van der Waals surface area contributed by atoms with Crippen LogP contribution >= 0.6 is 11.3 Å². The Bertz CT molecular complexity index is 784. The van der Waals surface area contributed by atoms with Crippen molar-refractivity contribution in [1.82, 2.24) is 5.32 Å². The summed E-state index contributed by atoms with van der Waals surface area (Å²) in [6.45, 7) is 4.99. The van der Waals surface area contributed by atoms with Gasteiger partial charge in [0.1, 0.15) is 11.0 Å². The van der Waals surface area contributed by atoms with Gasteiger partial charge < -0.3 is 11.1 Å². The molecule has 0 bridgehead atoms. The number of carbonyl (C=O) groups is 3. The number of primary amides is 1. The number of hydrogen-bond acceptors (Lipinski definition) is 5. The molecule has 0 saturated heterocycles. The number of hydrogen-bond donors (Lipinski definition) is 3. The molecule has 2 aromatic rings. The molecule has 7 heteroatoms. The van der Waals surface area contributed by atoms with E-state index >= 15 is 0 Å². The maximum atomic E-state index is 12.3. The van der Waals surface area contributed by atoms with Crippen molar-refractivity contribution in [2.24, 2.45) is 11.7 Å². The van der Waals surface area contributed by atoms with Crippen LogP contribution in [-0.4, -0.2) is 23.8 Å². The zero-order chi connectivity index (χ0) is 18.6. The molecule has 0 saturated carbocycles. The quantitative estimate of drug-likeness (QED) is 0.738. The van der Waals surface area contributed by atoms with Crippen LogP contribution in [0.25, 0.3) is 10.4 Å². The molecule has 0 aliphatic carbocycles. The normalized spacial score (nSPS) is 11.8. The lowest BCUT2D eigenvalue weighted by atomic mass is 10.0. The van der Waals surface area contributed by atoms with Gasteiger partial charge in [-0.2, -0.15) is 0 Å². The van der Waals surface area contributed by atoms with Gasteiger partial charge in [-0.05, 0) is 17.5 Å². The molecule has 4 N–H and O–H groups in total. The number of carbonyl (C=O) groups excluding carboxylic acids is 3. The molecule has 132 valence electrons. The first-order chi connectivity index (χ1) is 11.8. The second-order valence-corrected chi connectivity index (χ2v) is 7.05. The van der Waals surface area contributed by atoms with E-state index in [2.05, 4.69) is 10.6 Å². The highest BCUT2D eigenvalue weighted by Gasteiger charge is 2.26. The maximum Gasteiger partial charge on any atom is 0.251 e. The van der Waals surface area contributed by atoms with Crippen molar-refractivity contribution in [3.05, 3.63) is 42.0 Å². The molecular formula is C18H21N3O3S. The van der Waals surface area contributed by atoms with Gasteiger partial charge in [-0.1, -0.05) is 44.2 Å². The van der Waals surface area contributed by atoms with E-state index in [0.717, 1.165) is 10.4 Å². The number of amides is 3. The second-order valence-electron chi connectivity index (χ2n) is 6.00. The molecule has 0 aliphatic heterocycles. The van der Waals surface area contributed by atoms with E-state index in [4.69, 9.17) is 5.73 Å². The van der Waals surface area contributed by atoms with E-state index in [0.29, 0.717) is 10.6 Å². The first-order valence-electron chi connectivity index (χ1n) is 7.86. The van der Waals surface area contributed by atoms with Gasteiger partial charge >= 0.3 is 0 Å². The molecule has 0 radical (unpaired) electrons. The summed E-state index contributed by atoms with van der Waals surface area (Å²) in [5, 5.41) is 5.87. The van der Waals surface area contributed by atoms with Gasteiger partial charge in [-0.25, -0.2) is 0 Å². The molecule has 1 aromatic carbocycles. The Kier molecular flexibility index (Phi) is 5.93. The Balaban J connectivity index is 2.36. The van der Waals surface area contributed by atoms with Crippen LogP contribution < -0.4 is 16.4 Å². The highest BCUT2D eigenvalue weighted by molar-refractivity contribution is 7.19. The van der Waals surface area contributed by atoms with E-state index in [1.54, 1.807) is 6.07 Å². The smallest absolute Gasteiger partial charge is 0.251 e. The van der Waals surface area contributed by atoms with E-state index in [-0.39, 0.29) is 5.92 Å². The summed E-state index contributed by atoms with van der Waals surface area (Å²) in [6.07, 6.45) is 0. The fourth-order valence-electron chi connectivity index (χ4n) is 2.35. The van der Waals surface area contributed by atoms with E-state index in [1.165, 1.54) is 18.3 Å². The third-order valence-corrected chi connectivity index (χ3v) is 4.71. The van der Waals surface area contributed by atoms with Crippen molar-refractivity contribution in [2.75, 3.05) is 5.32 Å². The fourth-order valence-corrected chi connectivity index (χ4v) is 3.46. The largest absolute Gasteiger partial charge is 0.366 e. The van der Waals surface area contributed by atoms with Gasteiger partial charge in [-0.3, -0.25) is 19.7 Å². The van der Waals surface area contributed by atoms with Crippen molar-refractivity contribution in [3.8, 4) is 10.4 Å². The Morgan fingerprint density at radius 2 is 1.76 bits per heavy atom. The lowest BCUT2D eigenvalue weighted by Gasteiger charge is -2.21. The SMILES string of the molecule is CC(=O)NC(=O)C(Nc1sc(-c2ccccc2)cc1C(N)=O)C(C)C. The van der Waals surface area contributed by atoms with Crippen LogP contribution in [0, 0.1) is 5.92 Å². The Morgan fingerprint density at radius 1 is 1.12 bits per heavy atom. The minimum Gasteiger partial charge on any atom is -0.366 e. The molecule has 0 fully saturated rings. The summed E-state index contributed by atoms with van der Waals surface area (Å²) < 4.78 is 0. The number of anilines is 1. The summed E-state index contributed by atoms with van der Waals surface area (Å²) in [5.41, 5.74) is 6.77. The standard InChI is InChI=1S/C18H21N3O3S/c1-10(2)15(17(24)20-11(3)22)21-18-13(16(19)23)9-14(25-18)12-7-5-4-6-8-12/h4-10,15,21H,1-3H3,(H2,19,23)(H,20,22,24). The average Bonchev–Trinajstić information content (AvgIpc) is 2.96. The molecule has 0 aliphatic rings. The summed E-state index contributed by atoms with van der Waals surface area (Å²) in [6, 6.07) is 10.6. The highest BCUT2D eigenvalue weighted by Crippen LogP contribution is 2.36. The van der Waals surface area contributed by atoms with E-state index in [9.17, 15) is 14.4 Å². The number of nitrogens with one attached hydrogen (secondary N) is 2. The predicted octanol–water partition coefficient (Wildman–Crippen LogP) is 2.61. The molecule has 1 heterocycles. The summed E-state index contributed by atoms with van der Waals surface area (Å²) in [4.78, 5) is 36.1. The van der Waals surface area contributed by atoms with Crippen molar-refractivity contribution >= 4 is 34.1 Å². The van der Waals surface area contributed by atoms with Crippen LogP contribution in [0.4, 0.5) is 5.00 Å². The van der Waals surface area contributed by atoms with Crippen LogP contribution in [0.3, 0.4) is 0 Å². The Hall–Kier alpha value is -2.67. The van der Waals surface area contributed by atoms with Crippen molar-refractivity contribution < 1.29 is 14.4 Å². The van der Waals surface area contributed by atoms with Gasteiger partial charge in [0.05, 0.1) is 5.56 Å². The molecule has 25 heavy (non-hydrogen) atoms. The molecule has 1 atom stereocenters. The first kappa shape index (κ1) is 18.7. The molecular weight excluding hydrogens is 338 g/mol. The summed E-state index contributed by atoms with van der Waals surface area (Å²) in [5.74, 6) is -1.53. The van der Waals surface area contributed by atoms with Crippen LogP contribution in [0.5, 0.6) is 0 Å². The topological polar surface area (TPSA) is 101 Å². The lowest BCUT2D eigenvalue weighted by molar-refractivity contribution is -0.130. The van der Waals surface area contributed by atoms with Crippen LogP contribution in [0.2, 0.25) is 0 Å². The maximum absolute atomic E-state index is 12.3. The number of nitrogens with two attached hydrogens (primary N) is 1. The van der Waals surface area contributed by atoms with Gasteiger partial charge in [-0.15, -0.1) is 11.3 Å². The monoisotopic (exact) mass is 359 g/mol. The number of benzene rings is 1. The minimum atomic E-state index is -0.663. The second kappa shape index (κ2) is 7.94. The third-order valence-electron chi connectivity index (χ3n) is 3.59. The van der Waals surface area contributed by atoms with Crippen LogP contribution in [0.15, 0.2) is 36.4 Å². The van der Waals surface area contributed by atoms with Crippen LogP contribution in [0.1, 0.15) is 31.1 Å². The van der Waals surface area contributed by atoms with Gasteiger partial charge in [0.15, 0.2) is 0 Å². The van der Waals surface area contributed by atoms with Crippen molar-refractivity contribution in [1.29, 1.82) is 0 Å². The van der Waals surface area contributed by atoms with Gasteiger partial charge in [0.25, 0.3) is 5.91 Å². The Morgan fingerprint density at radius 3 is 2.28 bits per heavy atom. The molecule has 1 aromatic heterocycles. The summed E-state index contributed by atoms with van der Waals surface area (Å²) >= 11 is 1.35. The van der Waals surface area contributed by atoms with Crippen molar-refractivity contribution in [3.63, 3.8) is 0 Å². The molecule has 6 nitrogen and oxygen atoms in total. The molecule has 3 amide bonds. The molecule has 0 spiro atoms. The van der Waals surface area contributed by atoms with Crippen molar-refractivity contribution in [2.45, 2.75) is 26.8 Å². The third kappa shape index (κ3) is 4.67. The Labute approximate surface area is 150 Å². The molecule has 2 rings (SSSR count). The fraction of sp³-hybridized carbons (Fsp3) is 0.278. The number of imide groups is 1. The highest BCUT2D eigenvalue weighted by atomic mass is 32.1. The predicted molar refractivity (Wildman–Crippen MR) is 99.3 cm³/mol. The summed E-state index contributed by atoms with van der Waals surface area (Å²) in [7, 11) is 0. The number of rotatable bonds is 6. The van der Waals surface area contributed by atoms with E-state index < -0.39 is 23.8 Å². The van der Waals surface area contributed by atoms with Gasteiger partial charge in [0, 0.05) is 11.8 Å². The lowest BCUT2D eigenvalue weighted by Crippen LogP contribution is -2.44. The minimum absolute atomic E-state index is 0.0950. The zero-order valence-corrected chi connectivity index (χ0v) is 15.1. The average molecular weight is 359 g/mol. The van der Waals surface area contributed by atoms with Gasteiger partial charge in [0.2, 0.25) is 11.8 Å². The molecule has 1 unspecified atom stereocenters. The zero-order valence-electron chi connectivity index (χ0n) is 14.3. The van der Waals surface area contributed by atoms with E-state index in [1.807, 2.05) is 44.2 Å². The number of thiophene rings is 1. The van der Waals surface area contributed by atoms with Crippen LogP contribution in [-0.2, 0) is 9.59 Å².